The number of anilines is 1. The molecule has 0 unspecified atom stereocenters. The largest absolute Gasteiger partial charge is 0.504 e. The molecule has 4 aromatic carbocycles. The first-order valence-corrected chi connectivity index (χ1v) is 23.3. The van der Waals surface area contributed by atoms with Gasteiger partial charge in [0.25, 0.3) is 5.91 Å². The lowest BCUT2D eigenvalue weighted by molar-refractivity contribution is -0.136. The lowest BCUT2D eigenvalue weighted by Crippen LogP contribution is -2.29. The molecular weight excluding hydrogens is 1120 g/mol. The number of carboxylic acid groups (broad SMARTS) is 1. The van der Waals surface area contributed by atoms with E-state index in [1.165, 1.54) is 63.6 Å². The number of methoxy groups -OCH3 is 2. The standard InChI is InChI=1S/C19H15NO5.C14H18N2O5.C8H8O3.I2.HI/c1-12(21)24-16-9-8-13(11-17(16)23-2)10-15-19(22)25-18(20-15)14-6-4-3-5-7-14;1-14(2,3)21-13(20)16-10-6-4-9(5-7-10)12(19)15-8-11(17)18;1-11-8-4-6(5-9)2-3-7(8)10;1-2;/h3-11H,1-2H3;4-7H,8H2,1-3H3,(H,15,19)(H,16,20)(H,17,18);2-5,10H,1H3;;1H/b15-10+;;;;. The third-order valence-electron chi connectivity index (χ3n) is 6.92. The Hall–Kier alpha value is -5.30. The number of aliphatic carboxylic acids is 1. The van der Waals surface area contributed by atoms with E-state index in [0.717, 1.165) is 5.56 Å². The molecule has 0 saturated carbocycles. The van der Waals surface area contributed by atoms with E-state index in [9.17, 15) is 28.8 Å². The van der Waals surface area contributed by atoms with Gasteiger partial charge in [-0.1, -0.05) is 24.3 Å². The predicted molar refractivity (Wildman–Crippen MR) is 251 cm³/mol. The number of nitrogens with zero attached hydrogens (tertiary/aromatic N) is 1. The number of aromatic hydroxyl groups is 1. The molecule has 60 heavy (non-hydrogen) atoms. The number of rotatable bonds is 10. The number of cyclic esters (lactones) is 1. The Labute approximate surface area is 386 Å². The van der Waals surface area contributed by atoms with Gasteiger partial charge < -0.3 is 39.2 Å². The van der Waals surface area contributed by atoms with Crippen LogP contribution < -0.4 is 24.8 Å². The van der Waals surface area contributed by atoms with Crippen LogP contribution in [0.5, 0.6) is 23.0 Å². The summed E-state index contributed by atoms with van der Waals surface area (Å²) in [6, 6.07) is 24.5. The molecule has 0 aromatic heterocycles. The van der Waals surface area contributed by atoms with Crippen LogP contribution in [0.2, 0.25) is 0 Å². The van der Waals surface area contributed by atoms with Crippen LogP contribution in [0.4, 0.5) is 10.5 Å². The summed E-state index contributed by atoms with van der Waals surface area (Å²) in [5, 5.41) is 22.3. The Bertz CT molecular complexity index is 2160. The van der Waals surface area contributed by atoms with Gasteiger partial charge in [0.15, 0.2) is 28.7 Å². The molecular formula is C41H42I3N3O13. The van der Waals surface area contributed by atoms with Crippen molar-refractivity contribution in [3.63, 3.8) is 0 Å². The first-order chi connectivity index (χ1) is 28.0. The fourth-order valence-corrected chi connectivity index (χ4v) is 4.44. The summed E-state index contributed by atoms with van der Waals surface area (Å²) < 4.78 is 25.3. The topological polar surface area (TPSA) is 225 Å². The molecule has 1 aliphatic heterocycles. The van der Waals surface area contributed by atoms with E-state index in [4.69, 9.17) is 33.9 Å². The number of carboxylic acids is 1. The smallest absolute Gasteiger partial charge is 0.412 e. The summed E-state index contributed by atoms with van der Waals surface area (Å²) in [7, 11) is 2.90. The number of hydrogen-bond donors (Lipinski definition) is 4. The second-order valence-electron chi connectivity index (χ2n) is 12.5. The number of aliphatic imine (C=N–C) groups is 1. The van der Waals surface area contributed by atoms with E-state index in [-0.39, 0.29) is 41.3 Å². The highest BCUT2D eigenvalue weighted by molar-refractivity contribution is 15.0. The lowest BCUT2D eigenvalue weighted by atomic mass is 10.1. The molecule has 4 N–H and O–H groups in total. The number of nitrogens with one attached hydrogen (secondary N) is 2. The first-order valence-electron chi connectivity index (χ1n) is 17.0. The number of aldehydes is 1. The minimum Gasteiger partial charge on any atom is -0.504 e. The van der Waals surface area contributed by atoms with E-state index in [0.29, 0.717) is 45.9 Å². The van der Waals surface area contributed by atoms with E-state index in [2.05, 4.69) is 52.9 Å². The van der Waals surface area contributed by atoms with Crippen LogP contribution in [-0.4, -0.2) is 78.7 Å². The van der Waals surface area contributed by atoms with Crippen molar-refractivity contribution in [2.75, 3.05) is 26.1 Å². The van der Waals surface area contributed by atoms with E-state index >= 15 is 0 Å². The summed E-state index contributed by atoms with van der Waals surface area (Å²) >= 11 is 4.24. The first kappa shape index (κ1) is 52.7. The Kier molecular flexibility index (Phi) is 23.5. The molecule has 0 radical (unpaired) electrons. The minimum absolute atomic E-state index is 0. The number of phenolic OH excluding ortho intramolecular Hbond substituents is 1. The molecule has 0 fully saturated rings. The molecule has 19 heteroatoms. The summed E-state index contributed by atoms with van der Waals surface area (Å²) in [5.74, 6) is -1.29. The van der Waals surface area contributed by atoms with Crippen LogP contribution in [0.15, 0.2) is 102 Å². The van der Waals surface area contributed by atoms with E-state index in [1.807, 2.05) is 30.3 Å². The number of amides is 2. The second kappa shape index (κ2) is 26.7. The third-order valence-corrected chi connectivity index (χ3v) is 6.92. The SMILES string of the molecule is CC(C)(C)OC(=O)Nc1ccc(C(=O)NCC(=O)O)cc1.COc1cc(/C=C2/N=C(c3ccccc3)OC2=O)ccc1OC(C)=O.COc1cc(C=O)ccc1O.I.II. The zero-order valence-corrected chi connectivity index (χ0v) is 39.7. The molecule has 0 spiro atoms. The number of benzene rings is 4. The number of esters is 2. The molecule has 4 aromatic rings. The normalized spacial score (nSPS) is 11.7. The summed E-state index contributed by atoms with van der Waals surface area (Å²) in [5.41, 5.74) is 2.23. The Balaban J connectivity index is 0.000000465. The van der Waals surface area contributed by atoms with Crippen LogP contribution in [0.3, 0.4) is 0 Å². The highest BCUT2D eigenvalue weighted by atomic mass is 128. The maximum Gasteiger partial charge on any atom is 0.412 e. The van der Waals surface area contributed by atoms with Gasteiger partial charge in [0.2, 0.25) is 5.90 Å². The number of halogens is 3. The van der Waals surface area contributed by atoms with Crippen molar-refractivity contribution in [2.24, 2.45) is 4.99 Å². The van der Waals surface area contributed by atoms with Crippen molar-refractivity contribution < 1.29 is 62.7 Å². The van der Waals surface area contributed by atoms with Gasteiger partial charge in [-0.15, -0.1) is 24.0 Å². The highest BCUT2D eigenvalue weighted by Gasteiger charge is 2.24. The average Bonchev–Trinajstić information content (AvgIpc) is 3.57. The molecule has 0 bridgehead atoms. The van der Waals surface area contributed by atoms with Gasteiger partial charge in [-0.25, -0.2) is 14.6 Å². The number of hydrogen-bond acceptors (Lipinski definition) is 13. The fourth-order valence-electron chi connectivity index (χ4n) is 4.44. The Morgan fingerprint density at radius 3 is 2.00 bits per heavy atom. The number of ether oxygens (including phenoxy) is 5. The highest BCUT2D eigenvalue weighted by Crippen LogP contribution is 2.30. The van der Waals surface area contributed by atoms with Crippen LogP contribution in [0, 0.1) is 0 Å². The molecule has 1 heterocycles. The van der Waals surface area contributed by atoms with Gasteiger partial charge in [-0.05, 0) is 99.1 Å². The Morgan fingerprint density at radius 1 is 0.850 bits per heavy atom. The Morgan fingerprint density at radius 2 is 1.45 bits per heavy atom. The lowest BCUT2D eigenvalue weighted by Gasteiger charge is -2.19. The zero-order valence-electron chi connectivity index (χ0n) is 33.0. The quantitative estimate of drug-likeness (QED) is 0.0385. The molecule has 320 valence electrons. The van der Waals surface area contributed by atoms with Gasteiger partial charge >= 0.3 is 24.0 Å². The van der Waals surface area contributed by atoms with E-state index in [1.54, 1.807) is 45.0 Å². The maximum absolute atomic E-state index is 12.0. The zero-order chi connectivity index (χ0) is 44.1. The van der Waals surface area contributed by atoms with Crippen LogP contribution in [0.25, 0.3) is 6.08 Å². The summed E-state index contributed by atoms with van der Waals surface area (Å²) in [4.78, 5) is 71.1. The van der Waals surface area contributed by atoms with Gasteiger partial charge in [-0.3, -0.25) is 24.5 Å². The number of carbonyl (C=O) groups excluding carboxylic acids is 5. The van der Waals surface area contributed by atoms with Crippen molar-refractivity contribution in [3.05, 3.63) is 119 Å². The fraction of sp³-hybridized carbons (Fsp3) is 0.195. The average molecular weight is 1170 g/mol. The molecule has 0 saturated heterocycles. The third kappa shape index (κ3) is 18.7. The molecule has 16 nitrogen and oxygen atoms in total. The number of carbonyl (C=O) groups is 6. The van der Waals surface area contributed by atoms with Crippen molar-refractivity contribution in [1.82, 2.24) is 5.32 Å². The van der Waals surface area contributed by atoms with Crippen LogP contribution >= 0.6 is 61.2 Å². The van der Waals surface area contributed by atoms with Crippen molar-refractivity contribution >= 4 is 115 Å². The van der Waals surface area contributed by atoms with Gasteiger partial charge in [0, 0.05) is 66.5 Å². The van der Waals surface area contributed by atoms with Crippen LogP contribution in [-0.2, 0) is 23.9 Å². The monoisotopic (exact) mass is 1160 g/mol. The predicted octanol–water partition coefficient (Wildman–Crippen LogP) is 8.42. The summed E-state index contributed by atoms with van der Waals surface area (Å²) in [6.45, 7) is 6.12. The van der Waals surface area contributed by atoms with Crippen LogP contribution in [0.1, 0.15) is 59.5 Å². The van der Waals surface area contributed by atoms with Crippen molar-refractivity contribution in [1.29, 1.82) is 0 Å². The number of phenols is 1. The van der Waals surface area contributed by atoms with Crippen molar-refractivity contribution in [3.8, 4) is 23.0 Å². The molecule has 2 amide bonds. The molecule has 0 aliphatic carbocycles. The van der Waals surface area contributed by atoms with Gasteiger partial charge in [0.05, 0.1) is 14.2 Å². The van der Waals surface area contributed by atoms with Crippen molar-refractivity contribution in [2.45, 2.75) is 33.3 Å². The molecule has 0 atom stereocenters. The van der Waals surface area contributed by atoms with Gasteiger partial charge in [-0.2, -0.15) is 0 Å². The summed E-state index contributed by atoms with van der Waals surface area (Å²) in [6.07, 6.45) is 1.69. The minimum atomic E-state index is -1.12. The molecule has 5 rings (SSSR count). The molecule has 1 aliphatic rings. The van der Waals surface area contributed by atoms with E-state index < -0.39 is 42.1 Å². The maximum atomic E-state index is 12.0. The second-order valence-corrected chi connectivity index (χ2v) is 12.5. The van der Waals surface area contributed by atoms with Gasteiger partial charge in [0.1, 0.15) is 18.4 Å².